The Morgan fingerprint density at radius 2 is 1.50 bits per heavy atom. The number of carbonyl (C=O) groups is 1. The number of carboxylic acid groups (broad SMARTS) is 2. The molecule has 0 rings (SSSR count). The van der Waals surface area contributed by atoms with Crippen LogP contribution in [-0.2, 0) is 0 Å². The van der Waals surface area contributed by atoms with E-state index in [1.54, 1.807) is 0 Å². The Morgan fingerprint density at radius 3 is 1.50 bits per heavy atom. The van der Waals surface area contributed by atoms with Crippen molar-refractivity contribution in [3.05, 3.63) is 0 Å². The van der Waals surface area contributed by atoms with Crippen LogP contribution in [0.5, 0.6) is 0 Å². The van der Waals surface area contributed by atoms with E-state index in [0.29, 0.717) is 0 Å². The molecule has 0 unspecified atom stereocenters. The minimum absolute atomic E-state index is 1.47. The Hall–Kier alpha value is 0.157. The van der Waals surface area contributed by atoms with Gasteiger partial charge in [0.05, 0.1) is 0 Å². The summed E-state index contributed by atoms with van der Waals surface area (Å²) in [6, 6.07) is 0. The first-order valence-electron chi connectivity index (χ1n) is 1.03. The van der Waals surface area contributed by atoms with Crippen LogP contribution in [0.25, 0.3) is 0 Å². The second-order valence-electron chi connectivity index (χ2n) is 0.283. The van der Waals surface area contributed by atoms with Gasteiger partial charge in [0.2, 0.25) is 0 Å². The summed E-state index contributed by atoms with van der Waals surface area (Å²) in [4.78, 5) is 8.56. The fraction of sp³-hybridized carbons (Fsp3) is 0. The summed E-state index contributed by atoms with van der Waals surface area (Å²) >= 11 is 1.47. The van der Waals surface area contributed by atoms with Gasteiger partial charge in [0, 0.05) is 0 Å². The van der Waals surface area contributed by atoms with Gasteiger partial charge in [-0.2, -0.15) is 0 Å². The van der Waals surface area contributed by atoms with Gasteiger partial charge in [-0.3, -0.25) is 0 Å². The van der Waals surface area contributed by atoms with Crippen molar-refractivity contribution >= 4 is 32.7 Å². The van der Waals surface area contributed by atoms with E-state index in [-0.39, 0.29) is 0 Å². The predicted octanol–water partition coefficient (Wildman–Crippen LogP) is 0.531. The summed E-state index contributed by atoms with van der Waals surface area (Å²) in [5.74, 6) is 0. The second-order valence-corrected chi connectivity index (χ2v) is 0.283. The molecule has 6 heavy (non-hydrogen) atoms. The van der Waals surface area contributed by atoms with Crippen molar-refractivity contribution in [3.8, 4) is 0 Å². The summed E-state index contributed by atoms with van der Waals surface area (Å²) in [6.45, 7) is 0. The van der Waals surface area contributed by atoms with E-state index in [1.165, 1.54) is 16.7 Å². The van der Waals surface area contributed by atoms with Crippen LogP contribution in [-0.4, -0.2) is 33.1 Å². The molecule has 32 valence electrons. The number of hydrogen-bond donors (Lipinski definition) is 2. The Kier molecular flexibility index (Phi) is 14.1. The van der Waals surface area contributed by atoms with Gasteiger partial charge in [0.25, 0.3) is 0 Å². The molecule has 0 aliphatic heterocycles. The van der Waals surface area contributed by atoms with E-state index >= 15 is 0 Å². The molecule has 0 heterocycles. The van der Waals surface area contributed by atoms with Crippen molar-refractivity contribution in [1.82, 2.24) is 0 Å². The van der Waals surface area contributed by atoms with Crippen LogP contribution < -0.4 is 0 Å². The molecule has 0 spiro atoms. The Morgan fingerprint density at radius 1 is 1.50 bits per heavy atom. The number of rotatable bonds is 0. The van der Waals surface area contributed by atoms with Crippen LogP contribution in [0, 0.1) is 0 Å². The normalized spacial score (nSPS) is 5.17. The first-order chi connectivity index (χ1) is 2.73. The Bertz CT molecular complexity index is 33.8. The molecule has 0 aromatic heterocycles. The van der Waals surface area contributed by atoms with E-state index in [4.69, 9.17) is 15.0 Å². The van der Waals surface area contributed by atoms with Crippen molar-refractivity contribution in [2.24, 2.45) is 0 Å². The molecule has 0 saturated carbocycles. The van der Waals surface area contributed by atoms with Gasteiger partial charge >= 0.3 is 32.7 Å². The van der Waals surface area contributed by atoms with Crippen LogP contribution >= 0.6 is 9.80 Å². The Labute approximate surface area is 48.2 Å². The van der Waals surface area contributed by atoms with Crippen molar-refractivity contribution in [2.45, 2.75) is 0 Å². The molecular formula is CH2ClLiO3. The van der Waals surface area contributed by atoms with Crippen LogP contribution in [0.15, 0.2) is 0 Å². The molecule has 0 amide bonds. The molecule has 0 atom stereocenters. The molecule has 5 heteroatoms. The molecule has 3 nitrogen and oxygen atoms in total. The van der Waals surface area contributed by atoms with Gasteiger partial charge in [0.1, 0.15) is 0 Å². The third kappa shape index (κ3) is 1670. The molecule has 0 aliphatic rings. The van der Waals surface area contributed by atoms with E-state index in [0.717, 1.165) is 0 Å². The molecule has 0 saturated heterocycles. The van der Waals surface area contributed by atoms with Gasteiger partial charge in [-0.15, -0.1) is 0 Å². The maximum absolute atomic E-state index is 8.56. The molecule has 0 aromatic carbocycles. The zero-order chi connectivity index (χ0) is 5.58. The summed E-state index contributed by atoms with van der Waals surface area (Å²) in [6.07, 6.45) is -1.83. The summed E-state index contributed by atoms with van der Waals surface area (Å²) < 4.78 is 0. The molecule has 0 bridgehead atoms. The molecule has 0 fully saturated rings. The van der Waals surface area contributed by atoms with Crippen molar-refractivity contribution in [2.75, 3.05) is 0 Å². The minimum atomic E-state index is -1.83. The number of hydrogen-bond acceptors (Lipinski definition) is 1. The van der Waals surface area contributed by atoms with Crippen LogP contribution in [0.3, 0.4) is 0 Å². The topological polar surface area (TPSA) is 57.5 Å². The fourth-order valence-electron chi connectivity index (χ4n) is 0. The first-order valence-corrected chi connectivity index (χ1v) is 1.79. The van der Waals surface area contributed by atoms with E-state index in [9.17, 15) is 0 Å². The fourth-order valence-corrected chi connectivity index (χ4v) is 0. The average molecular weight is 104 g/mol. The molecule has 0 aliphatic carbocycles. The monoisotopic (exact) mass is 104 g/mol. The SMILES string of the molecule is O=C(O)O.[Li][Cl]. The standard InChI is InChI=1S/CH2O3.ClH.Li/c2-1(3)4;;/h(H2,2,3,4);1H;/q;;+1/p-1. The maximum atomic E-state index is 8.56. The molecule has 0 radical (unpaired) electrons. The average Bonchev–Trinajstić information content (AvgIpc) is 1.41. The van der Waals surface area contributed by atoms with Crippen molar-refractivity contribution in [1.29, 1.82) is 0 Å². The van der Waals surface area contributed by atoms with Crippen molar-refractivity contribution < 1.29 is 15.0 Å². The molecule has 2 N–H and O–H groups in total. The predicted molar refractivity (Wildman–Crippen MR) is 22.3 cm³/mol. The first kappa shape index (κ1) is 9.48. The van der Waals surface area contributed by atoms with E-state index in [2.05, 4.69) is 9.80 Å². The van der Waals surface area contributed by atoms with Crippen molar-refractivity contribution in [3.63, 3.8) is 0 Å². The Balaban J connectivity index is 0. The third-order valence-corrected chi connectivity index (χ3v) is 0. The van der Waals surface area contributed by atoms with E-state index in [1.807, 2.05) is 0 Å². The summed E-state index contributed by atoms with van der Waals surface area (Å²) in [5.41, 5.74) is 0. The van der Waals surface area contributed by atoms with Crippen LogP contribution in [0.2, 0.25) is 0 Å². The summed E-state index contributed by atoms with van der Waals surface area (Å²) in [5, 5.41) is 13.9. The third-order valence-electron chi connectivity index (χ3n) is 0. The van der Waals surface area contributed by atoms with Crippen LogP contribution in [0.1, 0.15) is 0 Å². The zero-order valence-corrected chi connectivity index (χ0v) is 3.94. The summed E-state index contributed by atoms with van der Waals surface area (Å²) in [7, 11) is 4.64. The van der Waals surface area contributed by atoms with Gasteiger partial charge in [0.15, 0.2) is 0 Å². The van der Waals surface area contributed by atoms with Gasteiger partial charge in [-0.25, -0.2) is 4.79 Å². The zero-order valence-electron chi connectivity index (χ0n) is 3.18. The van der Waals surface area contributed by atoms with Gasteiger partial charge < -0.3 is 10.2 Å². The van der Waals surface area contributed by atoms with Crippen LogP contribution in [0.4, 0.5) is 4.79 Å². The molecule has 0 aromatic rings. The molecular weight excluding hydrogens is 102 g/mol. The quantitative estimate of drug-likeness (QED) is 0.441. The second kappa shape index (κ2) is 8.94. The van der Waals surface area contributed by atoms with Gasteiger partial charge in [-0.1, -0.05) is 0 Å². The number of halogens is 1. The van der Waals surface area contributed by atoms with E-state index < -0.39 is 6.16 Å². The van der Waals surface area contributed by atoms with Gasteiger partial charge in [-0.05, 0) is 0 Å².